The Kier molecular flexibility index (Phi) is 3.52. The number of rotatable bonds is 2. The maximum absolute atomic E-state index is 12.6. The molecular weight excluding hydrogens is 313 g/mol. The molecule has 0 amide bonds. The summed E-state index contributed by atoms with van der Waals surface area (Å²) in [5.41, 5.74) is 1.00. The molecule has 0 unspecified atom stereocenters. The smallest absolute Gasteiger partial charge is 0.434 e. The van der Waals surface area contributed by atoms with Crippen molar-refractivity contribution in [3.8, 4) is 16.5 Å². The zero-order chi connectivity index (χ0) is 15.9. The molecule has 3 rings (SSSR count). The Labute approximate surface area is 128 Å². The largest absolute Gasteiger partial charge is 0.497 e. The first-order valence-corrected chi connectivity index (χ1v) is 7.16. The van der Waals surface area contributed by atoms with Gasteiger partial charge in [-0.25, -0.2) is 9.97 Å². The molecule has 3 aromatic rings. The van der Waals surface area contributed by atoms with Crippen LogP contribution in [0.25, 0.3) is 21.6 Å². The first kappa shape index (κ1) is 14.8. The van der Waals surface area contributed by atoms with Crippen molar-refractivity contribution in [1.82, 2.24) is 9.97 Å². The first-order chi connectivity index (χ1) is 10.4. The van der Waals surface area contributed by atoms with Gasteiger partial charge in [0, 0.05) is 10.8 Å². The highest BCUT2D eigenvalue weighted by Crippen LogP contribution is 2.34. The molecule has 0 fully saturated rings. The molecule has 0 spiro atoms. The fourth-order valence-corrected chi connectivity index (χ4v) is 2.84. The Morgan fingerprint density at radius 2 is 2.00 bits per heavy atom. The molecule has 0 aliphatic carbocycles. The second-order valence-electron chi connectivity index (χ2n) is 4.66. The van der Waals surface area contributed by atoms with Crippen molar-refractivity contribution >= 4 is 22.2 Å². The molecule has 2 aromatic heterocycles. The molecule has 22 heavy (non-hydrogen) atoms. The van der Waals surface area contributed by atoms with E-state index in [0.717, 1.165) is 27.7 Å². The van der Waals surface area contributed by atoms with E-state index >= 15 is 0 Å². The molecule has 0 saturated carbocycles. The van der Waals surface area contributed by atoms with Gasteiger partial charge in [-0.2, -0.15) is 13.2 Å². The van der Waals surface area contributed by atoms with Crippen LogP contribution >= 0.6 is 11.3 Å². The van der Waals surface area contributed by atoms with Gasteiger partial charge in [0.2, 0.25) is 0 Å². The lowest BCUT2D eigenvalue weighted by atomic mass is 10.1. The Hall–Kier alpha value is -2.15. The third-order valence-corrected chi connectivity index (χ3v) is 3.98. The fraction of sp³-hybridized carbons (Fsp3) is 0.200. The van der Waals surface area contributed by atoms with Gasteiger partial charge in [-0.15, -0.1) is 11.3 Å². The first-order valence-electron chi connectivity index (χ1n) is 6.28. The van der Waals surface area contributed by atoms with Crippen LogP contribution in [0.2, 0.25) is 0 Å². The molecule has 0 bridgehead atoms. The maximum Gasteiger partial charge on any atom is 0.434 e. The highest BCUT2D eigenvalue weighted by atomic mass is 32.1. The highest BCUT2D eigenvalue weighted by molar-refractivity contribution is 7.13. The molecule has 0 aliphatic rings. The van der Waals surface area contributed by atoms with E-state index in [2.05, 4.69) is 16.0 Å². The number of benzene rings is 1. The van der Waals surface area contributed by atoms with Crippen LogP contribution < -0.4 is 4.74 Å². The zero-order valence-electron chi connectivity index (χ0n) is 11.7. The number of aromatic nitrogens is 2. The van der Waals surface area contributed by atoms with Crippen molar-refractivity contribution in [3.63, 3.8) is 0 Å². The van der Waals surface area contributed by atoms with Crippen molar-refractivity contribution in [3.05, 3.63) is 40.9 Å². The number of halogens is 3. The lowest BCUT2D eigenvalue weighted by molar-refractivity contribution is -0.140. The Morgan fingerprint density at radius 3 is 2.64 bits per heavy atom. The highest BCUT2D eigenvalue weighted by Gasteiger charge is 2.33. The number of methoxy groups -OCH3 is 1. The van der Waals surface area contributed by atoms with Gasteiger partial charge < -0.3 is 4.74 Å². The molecule has 1 aromatic carbocycles. The van der Waals surface area contributed by atoms with E-state index in [1.165, 1.54) is 0 Å². The standard InChI is InChI=1S/C15H10F3N2OS/c1-8-5-10(21-2)6-9-3-4-11(19-13(8)9)14-20-12(7-22-14)15(16,17)18/h4-7H,1-2H3. The van der Waals surface area contributed by atoms with Gasteiger partial charge in [0.25, 0.3) is 0 Å². The van der Waals surface area contributed by atoms with E-state index < -0.39 is 11.9 Å². The number of thiazole rings is 1. The van der Waals surface area contributed by atoms with Crippen molar-refractivity contribution in [1.29, 1.82) is 0 Å². The van der Waals surface area contributed by atoms with Crippen molar-refractivity contribution < 1.29 is 17.9 Å². The van der Waals surface area contributed by atoms with E-state index in [-0.39, 0.29) is 5.01 Å². The lowest BCUT2D eigenvalue weighted by Crippen LogP contribution is -2.04. The molecule has 0 atom stereocenters. The number of hydrogen-bond acceptors (Lipinski definition) is 4. The minimum absolute atomic E-state index is 0.223. The maximum atomic E-state index is 12.6. The number of alkyl halides is 3. The van der Waals surface area contributed by atoms with E-state index in [0.29, 0.717) is 17.0 Å². The van der Waals surface area contributed by atoms with Gasteiger partial charge in [0.05, 0.1) is 12.6 Å². The molecule has 113 valence electrons. The van der Waals surface area contributed by atoms with Crippen molar-refractivity contribution in [2.24, 2.45) is 0 Å². The SMILES string of the molecule is COc1cc(C)c2nc(-c3nc(C(F)(F)F)cs3)c[c]c2c1. The Bertz CT molecular complexity index is 842. The van der Waals surface area contributed by atoms with Crippen LogP contribution in [0.15, 0.2) is 23.6 Å². The quantitative estimate of drug-likeness (QED) is 0.697. The topological polar surface area (TPSA) is 35.0 Å². The summed E-state index contributed by atoms with van der Waals surface area (Å²) in [6, 6.07) is 8.16. The second kappa shape index (κ2) is 5.24. The summed E-state index contributed by atoms with van der Waals surface area (Å²) in [6.07, 6.45) is -4.45. The number of nitrogens with zero attached hydrogens (tertiary/aromatic N) is 2. The average Bonchev–Trinajstić information content (AvgIpc) is 2.96. The van der Waals surface area contributed by atoms with E-state index in [1.54, 1.807) is 19.2 Å². The van der Waals surface area contributed by atoms with Gasteiger partial charge in [0.15, 0.2) is 5.69 Å². The van der Waals surface area contributed by atoms with Gasteiger partial charge >= 0.3 is 6.18 Å². The van der Waals surface area contributed by atoms with Crippen LogP contribution in [-0.4, -0.2) is 17.1 Å². The summed E-state index contributed by atoms with van der Waals surface area (Å²) in [5, 5.41) is 1.95. The molecule has 1 radical (unpaired) electrons. The molecule has 0 aliphatic heterocycles. The van der Waals surface area contributed by atoms with Crippen molar-refractivity contribution in [2.75, 3.05) is 7.11 Å². The number of aryl methyl sites for hydroxylation is 1. The van der Waals surface area contributed by atoms with Gasteiger partial charge in [-0.05, 0) is 36.8 Å². The molecule has 7 heteroatoms. The van der Waals surface area contributed by atoms with E-state index in [1.807, 2.05) is 13.0 Å². The fourth-order valence-electron chi connectivity index (χ4n) is 2.05. The summed E-state index contributed by atoms with van der Waals surface area (Å²) in [7, 11) is 1.57. The van der Waals surface area contributed by atoms with Crippen LogP contribution in [0.1, 0.15) is 11.3 Å². The van der Waals surface area contributed by atoms with Crippen molar-refractivity contribution in [2.45, 2.75) is 13.1 Å². The van der Waals surface area contributed by atoms with Crippen LogP contribution in [0.5, 0.6) is 5.75 Å². The summed E-state index contributed by atoms with van der Waals surface area (Å²) >= 11 is 0.913. The Balaban J connectivity index is 2.09. The van der Waals surface area contributed by atoms with E-state index in [4.69, 9.17) is 4.74 Å². The van der Waals surface area contributed by atoms with Crippen LogP contribution in [0.3, 0.4) is 0 Å². The van der Waals surface area contributed by atoms with Gasteiger partial charge in [0.1, 0.15) is 16.5 Å². The minimum atomic E-state index is -4.45. The lowest BCUT2D eigenvalue weighted by Gasteiger charge is -2.06. The summed E-state index contributed by atoms with van der Waals surface area (Å²) in [6.45, 7) is 1.86. The zero-order valence-corrected chi connectivity index (χ0v) is 12.5. The predicted molar refractivity (Wildman–Crippen MR) is 78.0 cm³/mol. The molecule has 2 heterocycles. The molecule has 0 N–H and O–H groups in total. The third kappa shape index (κ3) is 2.64. The monoisotopic (exact) mass is 323 g/mol. The second-order valence-corrected chi connectivity index (χ2v) is 5.52. The van der Waals surface area contributed by atoms with Crippen LogP contribution in [-0.2, 0) is 6.18 Å². The van der Waals surface area contributed by atoms with Gasteiger partial charge in [-0.3, -0.25) is 0 Å². The molecule has 3 nitrogen and oxygen atoms in total. The number of hydrogen-bond donors (Lipinski definition) is 0. The minimum Gasteiger partial charge on any atom is -0.497 e. The normalized spacial score (nSPS) is 11.9. The summed E-state index contributed by atoms with van der Waals surface area (Å²) in [5.74, 6) is 0.685. The van der Waals surface area contributed by atoms with Gasteiger partial charge in [-0.1, -0.05) is 0 Å². The van der Waals surface area contributed by atoms with Crippen LogP contribution in [0, 0.1) is 13.0 Å². The summed E-state index contributed by atoms with van der Waals surface area (Å²) < 4.78 is 43.0. The number of pyridine rings is 1. The Morgan fingerprint density at radius 1 is 1.23 bits per heavy atom. The predicted octanol–water partition coefficient (Wildman–Crippen LogP) is 4.49. The van der Waals surface area contributed by atoms with Crippen LogP contribution in [0.4, 0.5) is 13.2 Å². The summed E-state index contributed by atoms with van der Waals surface area (Å²) in [4.78, 5) is 8.02. The third-order valence-electron chi connectivity index (χ3n) is 3.12. The number of ether oxygens (including phenoxy) is 1. The van der Waals surface area contributed by atoms with E-state index in [9.17, 15) is 13.2 Å². The number of fused-ring (bicyclic) bond motifs is 1. The molecular formula is C15H10F3N2OS. The average molecular weight is 323 g/mol. The molecule has 0 saturated heterocycles.